The highest BCUT2D eigenvalue weighted by molar-refractivity contribution is 7.89. The Hall–Kier alpha value is -1.98. The van der Waals surface area contributed by atoms with Crippen molar-refractivity contribution in [3.05, 3.63) is 43.2 Å². The zero-order valence-electron chi connectivity index (χ0n) is 13.6. The smallest absolute Gasteiger partial charge is 0.253 e. The zero-order chi connectivity index (χ0) is 19.2. The van der Waals surface area contributed by atoms with Gasteiger partial charge in [-0.1, -0.05) is 11.6 Å². The maximum Gasteiger partial charge on any atom is 0.253 e. The van der Waals surface area contributed by atoms with Gasteiger partial charge in [-0.05, 0) is 25.0 Å². The fourth-order valence-corrected chi connectivity index (χ4v) is 3.89. The molecule has 3 rings (SSSR count). The first-order valence-corrected chi connectivity index (χ1v) is 9.50. The largest absolute Gasteiger partial charge is 0.377 e. The third-order valence-corrected chi connectivity index (χ3v) is 5.43. The fourth-order valence-electron chi connectivity index (χ4n) is 2.55. The van der Waals surface area contributed by atoms with Crippen molar-refractivity contribution in [1.82, 2.24) is 0 Å². The molecule has 26 heavy (non-hydrogen) atoms. The predicted molar refractivity (Wildman–Crippen MR) is 96.1 cm³/mol. The molecular formula is C15H16ClN3O6S. The standard InChI is InChI=1S/C15H16ClN3O6S/c1-25-15(22)9-8(5-4-7(16)14(9)26(17,23)24)19-11-10(12(20)13(11)21)18-6-2-3-6/h4-6,15,18-19,22H,2-3H2,1H3,(H2,17,23,24). The van der Waals surface area contributed by atoms with Crippen molar-refractivity contribution >= 4 is 38.7 Å². The van der Waals surface area contributed by atoms with E-state index in [0.717, 1.165) is 20.0 Å². The molecule has 2 aromatic rings. The molecule has 1 fully saturated rings. The van der Waals surface area contributed by atoms with Crippen LogP contribution in [0.5, 0.6) is 0 Å². The number of aliphatic hydroxyl groups excluding tert-OH is 1. The SMILES string of the molecule is COC(O)c1c(Nc2c(NC3CC3)c(=O)c2=O)ccc(Cl)c1S(N)(=O)=O. The van der Waals surface area contributed by atoms with Crippen molar-refractivity contribution < 1.29 is 18.3 Å². The predicted octanol–water partition coefficient (Wildman–Crippen LogP) is 0.539. The molecule has 1 saturated carbocycles. The molecule has 0 spiro atoms. The minimum Gasteiger partial charge on any atom is -0.377 e. The Balaban J connectivity index is 2.10. The summed E-state index contributed by atoms with van der Waals surface area (Å²) >= 11 is 5.93. The van der Waals surface area contributed by atoms with E-state index < -0.39 is 32.1 Å². The van der Waals surface area contributed by atoms with Crippen LogP contribution < -0.4 is 26.6 Å². The number of nitrogens with one attached hydrogen (secondary N) is 2. The second-order valence-electron chi connectivity index (χ2n) is 5.92. The van der Waals surface area contributed by atoms with Crippen molar-refractivity contribution in [2.75, 3.05) is 17.7 Å². The number of aliphatic hydroxyl groups is 1. The summed E-state index contributed by atoms with van der Waals surface area (Å²) in [4.78, 5) is 23.1. The van der Waals surface area contributed by atoms with E-state index in [9.17, 15) is 23.1 Å². The summed E-state index contributed by atoms with van der Waals surface area (Å²) in [5.41, 5.74) is -1.53. The number of halogens is 1. The van der Waals surface area contributed by atoms with E-state index in [1.54, 1.807) is 0 Å². The van der Waals surface area contributed by atoms with Gasteiger partial charge in [-0.3, -0.25) is 9.59 Å². The normalized spacial score (nSPS) is 15.8. The monoisotopic (exact) mass is 401 g/mol. The number of nitrogens with two attached hydrogens (primary N) is 1. The quantitative estimate of drug-likeness (QED) is 0.388. The van der Waals surface area contributed by atoms with E-state index in [4.69, 9.17) is 21.5 Å². The molecule has 11 heteroatoms. The van der Waals surface area contributed by atoms with Gasteiger partial charge in [0, 0.05) is 18.8 Å². The molecule has 0 radical (unpaired) electrons. The number of sulfonamides is 1. The lowest BCUT2D eigenvalue weighted by atomic mass is 10.1. The Bertz CT molecular complexity index is 1040. The third kappa shape index (κ3) is 3.33. The molecule has 0 aliphatic heterocycles. The van der Waals surface area contributed by atoms with Crippen LogP contribution in [0.15, 0.2) is 26.6 Å². The average Bonchev–Trinajstić information content (AvgIpc) is 3.40. The van der Waals surface area contributed by atoms with Gasteiger partial charge in [0.1, 0.15) is 16.3 Å². The molecule has 1 atom stereocenters. The summed E-state index contributed by atoms with van der Waals surface area (Å²) in [5, 5.41) is 20.7. The third-order valence-electron chi connectivity index (χ3n) is 4.00. The van der Waals surface area contributed by atoms with Crippen molar-refractivity contribution in [2.45, 2.75) is 30.1 Å². The first-order valence-electron chi connectivity index (χ1n) is 7.58. The van der Waals surface area contributed by atoms with E-state index >= 15 is 0 Å². The Kier molecular flexibility index (Phi) is 4.80. The van der Waals surface area contributed by atoms with Gasteiger partial charge in [-0.2, -0.15) is 0 Å². The molecule has 1 aliphatic carbocycles. The van der Waals surface area contributed by atoms with E-state index in [2.05, 4.69) is 10.6 Å². The summed E-state index contributed by atoms with van der Waals surface area (Å²) in [6.07, 6.45) is 0.0981. The highest BCUT2D eigenvalue weighted by atomic mass is 35.5. The van der Waals surface area contributed by atoms with E-state index in [1.807, 2.05) is 0 Å². The lowest BCUT2D eigenvalue weighted by Gasteiger charge is -2.21. The number of hydrogen-bond donors (Lipinski definition) is 4. The molecule has 0 heterocycles. The second kappa shape index (κ2) is 6.63. The number of rotatable bonds is 7. The molecule has 2 aromatic carbocycles. The van der Waals surface area contributed by atoms with Gasteiger partial charge >= 0.3 is 0 Å². The maximum atomic E-state index is 11.9. The second-order valence-corrected chi connectivity index (χ2v) is 7.83. The van der Waals surface area contributed by atoms with Crippen molar-refractivity contribution in [3.8, 4) is 0 Å². The molecule has 0 bridgehead atoms. The minimum absolute atomic E-state index is 0.0193. The van der Waals surface area contributed by atoms with Crippen LogP contribution in [0.4, 0.5) is 17.1 Å². The first-order chi connectivity index (χ1) is 12.1. The van der Waals surface area contributed by atoms with Gasteiger partial charge in [0.15, 0.2) is 6.29 Å². The van der Waals surface area contributed by atoms with Gasteiger partial charge < -0.3 is 20.5 Å². The number of ether oxygens (including phenoxy) is 1. The Morgan fingerprint density at radius 3 is 2.42 bits per heavy atom. The Morgan fingerprint density at radius 2 is 1.88 bits per heavy atom. The summed E-state index contributed by atoms with van der Waals surface area (Å²) in [6, 6.07) is 2.73. The van der Waals surface area contributed by atoms with Crippen LogP contribution in [-0.2, 0) is 14.8 Å². The van der Waals surface area contributed by atoms with E-state index in [0.29, 0.717) is 0 Å². The van der Waals surface area contributed by atoms with Crippen LogP contribution in [0.25, 0.3) is 0 Å². The van der Waals surface area contributed by atoms with Gasteiger partial charge in [0.05, 0.1) is 10.6 Å². The van der Waals surface area contributed by atoms with Crippen LogP contribution in [0.3, 0.4) is 0 Å². The zero-order valence-corrected chi connectivity index (χ0v) is 15.1. The van der Waals surface area contributed by atoms with Crippen molar-refractivity contribution in [1.29, 1.82) is 0 Å². The van der Waals surface area contributed by atoms with E-state index in [-0.39, 0.29) is 33.7 Å². The Labute approximate surface area is 153 Å². The number of hydrogen-bond acceptors (Lipinski definition) is 8. The number of anilines is 3. The number of benzene rings is 1. The number of methoxy groups -OCH3 is 1. The van der Waals surface area contributed by atoms with Crippen LogP contribution in [0.1, 0.15) is 24.7 Å². The van der Waals surface area contributed by atoms with Crippen molar-refractivity contribution in [2.24, 2.45) is 5.14 Å². The van der Waals surface area contributed by atoms with Gasteiger partial charge in [-0.15, -0.1) is 0 Å². The minimum atomic E-state index is -4.31. The lowest BCUT2D eigenvalue weighted by Crippen LogP contribution is -2.37. The summed E-state index contributed by atoms with van der Waals surface area (Å²) < 4.78 is 28.6. The molecule has 0 amide bonds. The Morgan fingerprint density at radius 1 is 1.27 bits per heavy atom. The molecule has 140 valence electrons. The number of primary sulfonamides is 1. The molecule has 0 saturated heterocycles. The van der Waals surface area contributed by atoms with Gasteiger partial charge in [0.25, 0.3) is 10.9 Å². The van der Waals surface area contributed by atoms with Crippen LogP contribution in [0, 0.1) is 0 Å². The van der Waals surface area contributed by atoms with Crippen molar-refractivity contribution in [3.63, 3.8) is 0 Å². The average molecular weight is 402 g/mol. The summed E-state index contributed by atoms with van der Waals surface area (Å²) in [6.45, 7) is 0. The summed E-state index contributed by atoms with van der Waals surface area (Å²) in [5.74, 6) is 0. The van der Waals surface area contributed by atoms with Crippen LogP contribution in [0.2, 0.25) is 5.02 Å². The molecule has 9 nitrogen and oxygen atoms in total. The highest BCUT2D eigenvalue weighted by Crippen LogP contribution is 2.37. The maximum absolute atomic E-state index is 11.9. The lowest BCUT2D eigenvalue weighted by molar-refractivity contribution is -0.0782. The molecule has 0 aromatic heterocycles. The molecule has 5 N–H and O–H groups in total. The van der Waals surface area contributed by atoms with Gasteiger partial charge in [0.2, 0.25) is 10.0 Å². The topological polar surface area (TPSA) is 148 Å². The highest BCUT2D eigenvalue weighted by Gasteiger charge is 2.31. The fraction of sp³-hybridized carbons (Fsp3) is 0.333. The summed E-state index contributed by atoms with van der Waals surface area (Å²) in [7, 11) is -3.16. The molecule has 1 unspecified atom stereocenters. The molecule has 1 aliphatic rings. The van der Waals surface area contributed by atoms with Gasteiger partial charge in [-0.25, -0.2) is 13.6 Å². The molecular weight excluding hydrogens is 386 g/mol. The van der Waals surface area contributed by atoms with Crippen LogP contribution >= 0.6 is 11.6 Å². The van der Waals surface area contributed by atoms with Crippen LogP contribution in [-0.4, -0.2) is 26.7 Å². The van der Waals surface area contributed by atoms with E-state index in [1.165, 1.54) is 12.1 Å². The first kappa shape index (κ1) is 18.8.